The summed E-state index contributed by atoms with van der Waals surface area (Å²) in [5, 5.41) is -0.162. The van der Waals surface area contributed by atoms with Crippen molar-refractivity contribution >= 4 is 34.6 Å². The van der Waals surface area contributed by atoms with Crippen LogP contribution in [-0.2, 0) is 4.79 Å². The molecule has 7 heteroatoms. The fraction of sp³-hybridized carbons (Fsp3) is 0.364. The average molecular weight is 273 g/mol. The van der Waals surface area contributed by atoms with Crippen LogP contribution in [0.2, 0.25) is 5.02 Å². The molecule has 18 heavy (non-hydrogen) atoms. The number of carbonyl (C=O) groups excluding carboxylic acids is 1. The summed E-state index contributed by atoms with van der Waals surface area (Å²) in [5.41, 5.74) is 11.7. The zero-order valence-electron chi connectivity index (χ0n) is 9.91. The second kappa shape index (κ2) is 4.53. The van der Waals surface area contributed by atoms with E-state index in [1.165, 1.54) is 6.07 Å². The van der Waals surface area contributed by atoms with Gasteiger partial charge in [-0.2, -0.15) is 0 Å². The number of halogens is 2. The third-order valence-electron chi connectivity index (χ3n) is 3.01. The van der Waals surface area contributed by atoms with Gasteiger partial charge in [-0.25, -0.2) is 4.39 Å². The SMILES string of the molecule is CN1CCN(c2c(N)cc(N)c(Cl)c2F)CC1=O. The van der Waals surface area contributed by atoms with Crippen LogP contribution in [0.4, 0.5) is 21.5 Å². The number of hydrogen-bond acceptors (Lipinski definition) is 4. The first-order valence-corrected chi connectivity index (χ1v) is 5.81. The zero-order chi connectivity index (χ0) is 13.4. The van der Waals surface area contributed by atoms with E-state index in [-0.39, 0.29) is 34.5 Å². The Hall–Kier alpha value is -1.69. The van der Waals surface area contributed by atoms with E-state index < -0.39 is 5.82 Å². The minimum Gasteiger partial charge on any atom is -0.397 e. The van der Waals surface area contributed by atoms with Gasteiger partial charge < -0.3 is 21.3 Å². The van der Waals surface area contributed by atoms with Crippen LogP contribution in [0.1, 0.15) is 0 Å². The lowest BCUT2D eigenvalue weighted by Gasteiger charge is -2.34. The molecule has 1 amide bonds. The Morgan fingerprint density at radius 2 is 2.00 bits per heavy atom. The van der Waals surface area contributed by atoms with Crippen molar-refractivity contribution in [3.63, 3.8) is 0 Å². The highest BCUT2D eigenvalue weighted by molar-refractivity contribution is 6.33. The lowest BCUT2D eigenvalue weighted by molar-refractivity contribution is -0.129. The first-order chi connectivity index (χ1) is 8.41. The topological polar surface area (TPSA) is 75.6 Å². The Morgan fingerprint density at radius 1 is 1.33 bits per heavy atom. The van der Waals surface area contributed by atoms with Crippen LogP contribution >= 0.6 is 11.6 Å². The van der Waals surface area contributed by atoms with Crippen molar-refractivity contribution in [3.05, 3.63) is 16.9 Å². The number of nitrogen functional groups attached to an aromatic ring is 2. The van der Waals surface area contributed by atoms with Crippen LogP contribution in [0.3, 0.4) is 0 Å². The number of amides is 1. The number of nitrogens with two attached hydrogens (primary N) is 2. The van der Waals surface area contributed by atoms with Crippen LogP contribution < -0.4 is 16.4 Å². The van der Waals surface area contributed by atoms with E-state index in [9.17, 15) is 9.18 Å². The molecule has 5 nitrogen and oxygen atoms in total. The Labute approximate surface area is 109 Å². The predicted molar refractivity (Wildman–Crippen MR) is 70.1 cm³/mol. The fourth-order valence-electron chi connectivity index (χ4n) is 1.93. The summed E-state index contributed by atoms with van der Waals surface area (Å²) >= 11 is 5.76. The smallest absolute Gasteiger partial charge is 0.241 e. The molecule has 0 unspecified atom stereocenters. The third-order valence-corrected chi connectivity index (χ3v) is 3.40. The van der Waals surface area contributed by atoms with Gasteiger partial charge in [-0.05, 0) is 6.07 Å². The molecule has 0 aromatic heterocycles. The van der Waals surface area contributed by atoms with Crippen LogP contribution in [0.25, 0.3) is 0 Å². The van der Waals surface area contributed by atoms with Crippen molar-refractivity contribution in [2.24, 2.45) is 0 Å². The number of anilines is 3. The molecule has 0 spiro atoms. The quantitative estimate of drug-likeness (QED) is 0.746. The minimum atomic E-state index is -0.675. The highest BCUT2D eigenvalue weighted by Crippen LogP contribution is 2.36. The molecule has 1 aromatic carbocycles. The molecule has 1 aliphatic heterocycles. The van der Waals surface area contributed by atoms with Crippen molar-refractivity contribution in [3.8, 4) is 0 Å². The molecule has 1 saturated heterocycles. The highest BCUT2D eigenvalue weighted by atomic mass is 35.5. The van der Waals surface area contributed by atoms with E-state index in [1.54, 1.807) is 16.8 Å². The van der Waals surface area contributed by atoms with Crippen molar-refractivity contribution in [2.75, 3.05) is 43.0 Å². The molecule has 0 saturated carbocycles. The van der Waals surface area contributed by atoms with Crippen molar-refractivity contribution in [2.45, 2.75) is 0 Å². The van der Waals surface area contributed by atoms with Gasteiger partial charge in [-0.1, -0.05) is 11.6 Å². The number of nitrogens with zero attached hydrogens (tertiary/aromatic N) is 2. The second-order valence-electron chi connectivity index (χ2n) is 4.27. The summed E-state index contributed by atoms with van der Waals surface area (Å²) in [4.78, 5) is 14.8. The number of piperazine rings is 1. The van der Waals surface area contributed by atoms with Gasteiger partial charge in [0.25, 0.3) is 0 Å². The van der Waals surface area contributed by atoms with Gasteiger partial charge in [0.05, 0.1) is 23.6 Å². The maximum atomic E-state index is 14.1. The summed E-state index contributed by atoms with van der Waals surface area (Å²) in [5.74, 6) is -0.764. The van der Waals surface area contributed by atoms with E-state index in [1.807, 2.05) is 0 Å². The van der Waals surface area contributed by atoms with E-state index in [0.29, 0.717) is 13.1 Å². The molecule has 4 N–H and O–H groups in total. The second-order valence-corrected chi connectivity index (χ2v) is 4.65. The third kappa shape index (κ3) is 2.03. The standard InChI is InChI=1S/C11H14ClFN4O/c1-16-2-3-17(5-8(16)18)11-7(15)4-6(14)9(12)10(11)13/h4H,2-3,5,14-15H2,1H3. The fourth-order valence-corrected chi connectivity index (χ4v) is 2.07. The largest absolute Gasteiger partial charge is 0.397 e. The van der Waals surface area contributed by atoms with E-state index in [0.717, 1.165) is 0 Å². The molecule has 2 rings (SSSR count). The first kappa shape index (κ1) is 12.8. The lowest BCUT2D eigenvalue weighted by Crippen LogP contribution is -2.49. The molecule has 1 aromatic rings. The Balaban J connectivity index is 2.40. The molecule has 98 valence electrons. The first-order valence-electron chi connectivity index (χ1n) is 5.43. The van der Waals surface area contributed by atoms with Gasteiger partial charge in [0.2, 0.25) is 5.91 Å². The molecule has 1 heterocycles. The van der Waals surface area contributed by atoms with Crippen molar-refractivity contribution in [1.29, 1.82) is 0 Å². The minimum absolute atomic E-state index is 0.0812. The molecule has 1 aliphatic rings. The van der Waals surface area contributed by atoms with Gasteiger partial charge in [0.15, 0.2) is 5.82 Å². The summed E-state index contributed by atoms with van der Waals surface area (Å²) in [7, 11) is 1.70. The van der Waals surface area contributed by atoms with Gasteiger partial charge >= 0.3 is 0 Å². The van der Waals surface area contributed by atoms with E-state index in [2.05, 4.69) is 0 Å². The molecule has 1 fully saturated rings. The van der Waals surface area contributed by atoms with Crippen molar-refractivity contribution < 1.29 is 9.18 Å². The number of carbonyl (C=O) groups is 1. The summed E-state index contributed by atoms with van der Waals surface area (Å²) in [6, 6.07) is 1.41. The highest BCUT2D eigenvalue weighted by Gasteiger charge is 2.26. The molecule has 0 atom stereocenters. The van der Waals surface area contributed by atoms with Crippen LogP contribution in [-0.4, -0.2) is 37.5 Å². The normalized spacial score (nSPS) is 16.3. The molecule has 0 radical (unpaired) electrons. The summed E-state index contributed by atoms with van der Waals surface area (Å²) in [6.07, 6.45) is 0. The van der Waals surface area contributed by atoms with Crippen LogP contribution in [0, 0.1) is 5.82 Å². The maximum Gasteiger partial charge on any atom is 0.241 e. The number of hydrogen-bond donors (Lipinski definition) is 2. The number of benzene rings is 1. The number of rotatable bonds is 1. The van der Waals surface area contributed by atoms with Gasteiger partial charge in [-0.15, -0.1) is 0 Å². The molecular formula is C11H14ClFN4O. The Bertz CT molecular complexity index is 508. The monoisotopic (exact) mass is 272 g/mol. The van der Waals surface area contributed by atoms with E-state index in [4.69, 9.17) is 23.1 Å². The summed E-state index contributed by atoms with van der Waals surface area (Å²) in [6.45, 7) is 1.10. The van der Waals surface area contributed by atoms with Crippen molar-refractivity contribution in [1.82, 2.24) is 4.90 Å². The summed E-state index contributed by atoms with van der Waals surface area (Å²) < 4.78 is 14.1. The van der Waals surface area contributed by atoms with Gasteiger partial charge in [0.1, 0.15) is 5.02 Å². The Morgan fingerprint density at radius 3 is 2.61 bits per heavy atom. The van der Waals surface area contributed by atoms with Crippen LogP contribution in [0.15, 0.2) is 6.07 Å². The average Bonchev–Trinajstić information content (AvgIpc) is 2.31. The maximum absolute atomic E-state index is 14.1. The van der Waals surface area contributed by atoms with Gasteiger partial charge in [0, 0.05) is 20.1 Å². The molecule has 0 aliphatic carbocycles. The lowest BCUT2D eigenvalue weighted by atomic mass is 10.2. The van der Waals surface area contributed by atoms with Crippen LogP contribution in [0.5, 0.6) is 0 Å². The number of likely N-dealkylation sites (N-methyl/N-ethyl adjacent to an activating group) is 1. The molecule has 0 bridgehead atoms. The predicted octanol–water partition coefficient (Wildman–Crippen LogP) is 0.922. The van der Waals surface area contributed by atoms with Gasteiger partial charge in [-0.3, -0.25) is 4.79 Å². The Kier molecular flexibility index (Phi) is 3.21. The molecular weight excluding hydrogens is 259 g/mol. The zero-order valence-corrected chi connectivity index (χ0v) is 10.7. The van der Waals surface area contributed by atoms with E-state index >= 15 is 0 Å².